The highest BCUT2D eigenvalue weighted by atomic mass is 16.2. The predicted molar refractivity (Wildman–Crippen MR) is 48.9 cm³/mol. The second kappa shape index (κ2) is 3.90. The van der Waals surface area contributed by atoms with E-state index in [-0.39, 0.29) is 11.9 Å². The lowest BCUT2D eigenvalue weighted by atomic mass is 10.1. The van der Waals surface area contributed by atoms with E-state index in [0.29, 0.717) is 6.04 Å². The minimum absolute atomic E-state index is 0.0740. The molecule has 1 rings (SSSR count). The smallest absolute Gasteiger partial charge is 0.239 e. The zero-order chi connectivity index (χ0) is 9.14. The van der Waals surface area contributed by atoms with Gasteiger partial charge in [-0.25, -0.2) is 0 Å². The maximum absolute atomic E-state index is 11.5. The molecule has 0 aromatic heterocycles. The quantitative estimate of drug-likeness (QED) is 0.658. The molecule has 0 bridgehead atoms. The van der Waals surface area contributed by atoms with Gasteiger partial charge in [0, 0.05) is 20.1 Å². The van der Waals surface area contributed by atoms with Gasteiger partial charge in [-0.05, 0) is 19.3 Å². The summed E-state index contributed by atoms with van der Waals surface area (Å²) in [4.78, 5) is 13.1. The molecule has 70 valence electrons. The molecular weight excluding hydrogens is 152 g/mol. The molecule has 0 spiro atoms. The molecule has 0 aromatic rings. The molecular formula is C9H18N2O. The van der Waals surface area contributed by atoms with Crippen LogP contribution in [0.1, 0.15) is 26.2 Å². The summed E-state index contributed by atoms with van der Waals surface area (Å²) in [6.07, 6.45) is 3.26. The van der Waals surface area contributed by atoms with E-state index in [2.05, 4.69) is 12.2 Å². The minimum atomic E-state index is 0.0740. The molecule has 0 aliphatic carbocycles. The van der Waals surface area contributed by atoms with E-state index < -0.39 is 0 Å². The Balaban J connectivity index is 2.41. The lowest BCUT2D eigenvalue weighted by Gasteiger charge is -2.17. The van der Waals surface area contributed by atoms with Crippen LogP contribution in [0, 0.1) is 0 Å². The van der Waals surface area contributed by atoms with Crippen LogP contribution in [0.3, 0.4) is 0 Å². The van der Waals surface area contributed by atoms with Gasteiger partial charge in [-0.1, -0.05) is 6.92 Å². The van der Waals surface area contributed by atoms with Crippen LogP contribution in [0.15, 0.2) is 0 Å². The van der Waals surface area contributed by atoms with E-state index in [0.717, 1.165) is 19.3 Å². The van der Waals surface area contributed by atoms with Crippen LogP contribution in [0.5, 0.6) is 0 Å². The number of hydrogen-bond acceptors (Lipinski definition) is 2. The van der Waals surface area contributed by atoms with Gasteiger partial charge in [0.15, 0.2) is 0 Å². The average Bonchev–Trinajstić information content (AvgIpc) is 2.50. The van der Waals surface area contributed by atoms with E-state index in [4.69, 9.17) is 0 Å². The van der Waals surface area contributed by atoms with Gasteiger partial charge >= 0.3 is 0 Å². The molecule has 0 aromatic carbocycles. The predicted octanol–water partition coefficient (Wildman–Crippen LogP) is 0.605. The first-order chi connectivity index (χ1) is 5.65. The van der Waals surface area contributed by atoms with Crippen molar-refractivity contribution >= 4 is 5.91 Å². The van der Waals surface area contributed by atoms with Gasteiger partial charge in [-0.2, -0.15) is 0 Å². The van der Waals surface area contributed by atoms with E-state index in [1.807, 2.05) is 14.1 Å². The maximum atomic E-state index is 11.5. The monoisotopic (exact) mass is 170 g/mol. The first-order valence-electron chi connectivity index (χ1n) is 4.62. The summed E-state index contributed by atoms with van der Waals surface area (Å²) in [6, 6.07) is 0.629. The lowest BCUT2D eigenvalue weighted by Crippen LogP contribution is -2.41. The number of carbonyl (C=O) groups excluding carboxylic acids is 1. The van der Waals surface area contributed by atoms with Gasteiger partial charge < -0.3 is 10.2 Å². The van der Waals surface area contributed by atoms with Crippen molar-refractivity contribution in [3.8, 4) is 0 Å². The standard InChI is InChI=1S/C9H18N2O/c1-4-7-5-6-8(10-7)9(12)11(2)3/h7-8,10H,4-6H2,1-3H3/t7-,8-/m0/s1. The summed E-state index contributed by atoms with van der Waals surface area (Å²) in [6.45, 7) is 2.15. The van der Waals surface area contributed by atoms with Crippen molar-refractivity contribution < 1.29 is 4.79 Å². The van der Waals surface area contributed by atoms with Crippen LogP contribution in [0.2, 0.25) is 0 Å². The molecule has 1 amide bonds. The summed E-state index contributed by atoms with van der Waals surface area (Å²) in [5, 5.41) is 3.33. The molecule has 1 saturated heterocycles. The Kier molecular flexibility index (Phi) is 3.09. The highest BCUT2D eigenvalue weighted by Gasteiger charge is 2.28. The second-order valence-corrected chi connectivity index (χ2v) is 3.63. The van der Waals surface area contributed by atoms with E-state index in [9.17, 15) is 4.79 Å². The second-order valence-electron chi connectivity index (χ2n) is 3.63. The number of rotatable bonds is 2. The van der Waals surface area contributed by atoms with Gasteiger partial charge in [0.05, 0.1) is 6.04 Å². The minimum Gasteiger partial charge on any atom is -0.347 e. The van der Waals surface area contributed by atoms with Crippen LogP contribution in [-0.2, 0) is 4.79 Å². The molecule has 0 saturated carbocycles. The van der Waals surface area contributed by atoms with Crippen molar-refractivity contribution in [2.75, 3.05) is 14.1 Å². The fourth-order valence-electron chi connectivity index (χ4n) is 1.65. The highest BCUT2D eigenvalue weighted by Crippen LogP contribution is 2.15. The lowest BCUT2D eigenvalue weighted by molar-refractivity contribution is -0.130. The van der Waals surface area contributed by atoms with E-state index in [1.54, 1.807) is 4.90 Å². The zero-order valence-electron chi connectivity index (χ0n) is 8.13. The summed E-state index contributed by atoms with van der Waals surface area (Å²) in [7, 11) is 3.62. The Labute approximate surface area is 74.1 Å². The molecule has 12 heavy (non-hydrogen) atoms. The van der Waals surface area contributed by atoms with E-state index in [1.165, 1.54) is 0 Å². The number of amides is 1. The van der Waals surface area contributed by atoms with Crippen LogP contribution in [0.25, 0.3) is 0 Å². The first-order valence-corrected chi connectivity index (χ1v) is 4.62. The third-order valence-electron chi connectivity index (χ3n) is 2.47. The van der Waals surface area contributed by atoms with Crippen LogP contribution in [-0.4, -0.2) is 37.0 Å². The van der Waals surface area contributed by atoms with Gasteiger partial charge in [-0.3, -0.25) is 4.79 Å². The molecule has 0 radical (unpaired) electrons. The molecule has 1 heterocycles. The normalized spacial score (nSPS) is 28.9. The number of carbonyl (C=O) groups is 1. The van der Waals surface area contributed by atoms with Crippen molar-refractivity contribution in [3.05, 3.63) is 0 Å². The summed E-state index contributed by atoms with van der Waals surface area (Å²) in [5.41, 5.74) is 0. The Hall–Kier alpha value is -0.570. The Morgan fingerprint density at radius 1 is 1.50 bits per heavy atom. The molecule has 2 atom stereocenters. The van der Waals surface area contributed by atoms with Gasteiger partial charge in [0.25, 0.3) is 0 Å². The largest absolute Gasteiger partial charge is 0.347 e. The number of nitrogens with zero attached hydrogens (tertiary/aromatic N) is 1. The summed E-state index contributed by atoms with van der Waals surface area (Å²) >= 11 is 0. The molecule has 3 nitrogen and oxygen atoms in total. The van der Waals surface area contributed by atoms with Crippen molar-refractivity contribution in [1.29, 1.82) is 0 Å². The number of likely N-dealkylation sites (N-methyl/N-ethyl adjacent to an activating group) is 1. The zero-order valence-corrected chi connectivity index (χ0v) is 8.13. The van der Waals surface area contributed by atoms with Crippen molar-refractivity contribution in [1.82, 2.24) is 10.2 Å². The Morgan fingerprint density at radius 2 is 2.17 bits per heavy atom. The third-order valence-corrected chi connectivity index (χ3v) is 2.47. The van der Waals surface area contributed by atoms with Crippen LogP contribution < -0.4 is 5.32 Å². The van der Waals surface area contributed by atoms with Crippen molar-refractivity contribution in [2.24, 2.45) is 0 Å². The van der Waals surface area contributed by atoms with Crippen LogP contribution in [0.4, 0.5) is 0 Å². The molecule has 1 fully saturated rings. The maximum Gasteiger partial charge on any atom is 0.239 e. The number of nitrogens with one attached hydrogen (secondary N) is 1. The molecule has 1 aliphatic rings. The van der Waals surface area contributed by atoms with Crippen molar-refractivity contribution in [3.63, 3.8) is 0 Å². The SMILES string of the molecule is CC[C@H]1CC[C@@H](C(=O)N(C)C)N1. The fourth-order valence-corrected chi connectivity index (χ4v) is 1.65. The Bertz CT molecular complexity index is 168. The molecule has 3 heteroatoms. The van der Waals surface area contributed by atoms with Crippen molar-refractivity contribution in [2.45, 2.75) is 38.3 Å². The third kappa shape index (κ3) is 1.97. The van der Waals surface area contributed by atoms with Crippen LogP contribution >= 0.6 is 0 Å². The average molecular weight is 170 g/mol. The molecule has 1 N–H and O–H groups in total. The summed E-state index contributed by atoms with van der Waals surface area (Å²) < 4.78 is 0. The van der Waals surface area contributed by atoms with Gasteiger partial charge in [0.1, 0.15) is 0 Å². The summed E-state index contributed by atoms with van der Waals surface area (Å²) in [5.74, 6) is 0.214. The van der Waals surface area contributed by atoms with Gasteiger partial charge in [0.2, 0.25) is 5.91 Å². The topological polar surface area (TPSA) is 32.3 Å². The number of hydrogen-bond donors (Lipinski definition) is 1. The molecule has 0 unspecified atom stereocenters. The first kappa shape index (κ1) is 9.52. The molecule has 1 aliphatic heterocycles. The highest BCUT2D eigenvalue weighted by molar-refractivity contribution is 5.81. The van der Waals surface area contributed by atoms with Gasteiger partial charge in [-0.15, -0.1) is 0 Å². The van der Waals surface area contributed by atoms with E-state index >= 15 is 0 Å². The Morgan fingerprint density at radius 3 is 2.58 bits per heavy atom. The fraction of sp³-hybridized carbons (Fsp3) is 0.889.